The van der Waals surface area contributed by atoms with Crippen molar-refractivity contribution in [2.75, 3.05) is 12.4 Å². The second-order valence-electron chi connectivity index (χ2n) is 5.66. The number of hydrogen-bond acceptors (Lipinski definition) is 8. The van der Waals surface area contributed by atoms with E-state index in [0.717, 1.165) is 11.9 Å². The van der Waals surface area contributed by atoms with Gasteiger partial charge in [0, 0.05) is 12.1 Å². The molecular formula is C16H14Cl3N5O5S2. The summed E-state index contributed by atoms with van der Waals surface area (Å²) >= 11 is 24.1. The summed E-state index contributed by atoms with van der Waals surface area (Å²) in [7, 11) is 1.34. The van der Waals surface area contributed by atoms with E-state index in [1.165, 1.54) is 43.5 Å². The van der Waals surface area contributed by atoms with E-state index in [9.17, 15) is 20.2 Å². The average Bonchev–Trinajstić information content (AvgIpc) is 2.70. The topological polar surface area (TPSA) is 132 Å². The van der Waals surface area contributed by atoms with Crippen LogP contribution < -0.4 is 20.1 Å². The number of benzene rings is 2. The van der Waals surface area contributed by atoms with Crippen LogP contribution in [0.15, 0.2) is 47.4 Å². The fourth-order valence-corrected chi connectivity index (χ4v) is 3.80. The number of nitro groups is 2. The largest absolute Gasteiger partial charge is 0.494 e. The molecule has 0 saturated carbocycles. The number of nitrogens with one attached hydrogen (secondary N) is 3. The summed E-state index contributed by atoms with van der Waals surface area (Å²) in [5.41, 5.74) is 0.0439. The fourth-order valence-electron chi connectivity index (χ4n) is 2.18. The van der Waals surface area contributed by atoms with E-state index in [1.807, 2.05) is 0 Å². The number of halogens is 3. The van der Waals surface area contributed by atoms with Crippen molar-refractivity contribution in [3.05, 3.63) is 62.7 Å². The molecule has 0 radical (unpaired) electrons. The minimum absolute atomic E-state index is 0.000797. The van der Waals surface area contributed by atoms with Gasteiger partial charge in [0.2, 0.25) is 3.79 Å². The van der Waals surface area contributed by atoms with Crippen LogP contribution in [0, 0.1) is 20.2 Å². The first-order valence-corrected chi connectivity index (χ1v) is 10.5. The molecule has 2 rings (SSSR count). The van der Waals surface area contributed by atoms with Crippen LogP contribution in [0.3, 0.4) is 0 Å². The first-order valence-electron chi connectivity index (χ1n) is 8.15. The number of thiocarbonyl (C=S) groups is 1. The Labute approximate surface area is 201 Å². The molecule has 0 saturated heterocycles. The van der Waals surface area contributed by atoms with Crippen molar-refractivity contribution in [3.63, 3.8) is 0 Å². The average molecular weight is 527 g/mol. The Balaban J connectivity index is 2.12. The molecule has 0 fully saturated rings. The Kier molecular flexibility index (Phi) is 8.91. The molecule has 0 heterocycles. The number of nitro benzene ring substituents is 2. The number of anilines is 1. The van der Waals surface area contributed by atoms with Crippen LogP contribution in [-0.4, -0.2) is 32.0 Å². The smallest absolute Gasteiger partial charge is 0.284 e. The van der Waals surface area contributed by atoms with Crippen molar-refractivity contribution in [2.45, 2.75) is 14.9 Å². The Bertz CT molecular complexity index is 992. The zero-order valence-electron chi connectivity index (χ0n) is 15.5. The number of nitrogens with zero attached hydrogens (tertiary/aromatic N) is 2. The lowest BCUT2D eigenvalue weighted by Crippen LogP contribution is -2.52. The number of para-hydroxylation sites is 1. The van der Waals surface area contributed by atoms with Gasteiger partial charge in [-0.3, -0.25) is 20.2 Å². The van der Waals surface area contributed by atoms with E-state index < -0.39 is 19.8 Å². The second-order valence-corrected chi connectivity index (χ2v) is 9.32. The molecule has 0 aliphatic rings. The highest BCUT2D eigenvalue weighted by atomic mass is 35.6. The van der Waals surface area contributed by atoms with Gasteiger partial charge in [0.15, 0.2) is 5.11 Å². The summed E-state index contributed by atoms with van der Waals surface area (Å²) < 4.78 is 6.03. The Morgan fingerprint density at radius 2 is 1.84 bits per heavy atom. The maximum absolute atomic E-state index is 11.2. The molecule has 31 heavy (non-hydrogen) atoms. The molecule has 0 aliphatic carbocycles. The van der Waals surface area contributed by atoms with E-state index in [2.05, 4.69) is 15.4 Å². The first kappa shape index (κ1) is 25.2. The predicted molar refractivity (Wildman–Crippen MR) is 125 cm³/mol. The lowest BCUT2D eigenvalue weighted by Gasteiger charge is -2.27. The van der Waals surface area contributed by atoms with Gasteiger partial charge in [0.25, 0.3) is 11.4 Å². The van der Waals surface area contributed by atoms with Crippen LogP contribution in [0.25, 0.3) is 0 Å². The number of non-ortho nitro benzene ring substituents is 1. The lowest BCUT2D eigenvalue weighted by atomic mass is 10.2. The molecule has 15 heteroatoms. The highest BCUT2D eigenvalue weighted by Crippen LogP contribution is 2.33. The second kappa shape index (κ2) is 11.0. The molecule has 0 aliphatic heterocycles. The molecule has 0 unspecified atom stereocenters. The highest BCUT2D eigenvalue weighted by molar-refractivity contribution is 7.97. The maximum atomic E-state index is 11.2. The molecule has 166 valence electrons. The Morgan fingerprint density at radius 1 is 1.16 bits per heavy atom. The molecule has 2 aromatic carbocycles. The van der Waals surface area contributed by atoms with Crippen molar-refractivity contribution in [2.24, 2.45) is 0 Å². The van der Waals surface area contributed by atoms with Gasteiger partial charge in [-0.2, -0.15) is 0 Å². The number of alkyl halides is 3. The lowest BCUT2D eigenvalue weighted by molar-refractivity contribution is -0.387. The summed E-state index contributed by atoms with van der Waals surface area (Å²) in [6.07, 6.45) is -1.08. The SMILES string of the molecule is COc1cc([N+](=O)[O-])ccc1NC(=S)N[C@@H](NSc1ccccc1[N+](=O)[O-])C(Cl)(Cl)Cl. The molecule has 2 aromatic rings. The van der Waals surface area contributed by atoms with Crippen molar-refractivity contribution >= 4 is 81.1 Å². The third kappa shape index (κ3) is 7.23. The number of methoxy groups -OCH3 is 1. The van der Waals surface area contributed by atoms with Crippen LogP contribution in [0.5, 0.6) is 5.75 Å². The standard InChI is InChI=1S/C16H14Cl3N5O5S2/c1-29-12-8-9(23(25)26)6-7-10(12)20-15(30)21-14(16(17,18)19)22-31-13-5-3-2-4-11(13)24(27)28/h2-8,14,22H,1H3,(H2,20,21,30)/t14-/m0/s1. The number of ether oxygens (including phenoxy) is 1. The van der Waals surface area contributed by atoms with E-state index >= 15 is 0 Å². The van der Waals surface area contributed by atoms with Gasteiger partial charge in [-0.25, -0.2) is 4.72 Å². The zero-order valence-corrected chi connectivity index (χ0v) is 19.4. The quantitative estimate of drug-likeness (QED) is 0.110. The summed E-state index contributed by atoms with van der Waals surface area (Å²) in [6.45, 7) is 0. The molecule has 0 bridgehead atoms. The molecule has 0 spiro atoms. The van der Waals surface area contributed by atoms with Crippen LogP contribution in [0.2, 0.25) is 0 Å². The van der Waals surface area contributed by atoms with Crippen molar-refractivity contribution < 1.29 is 14.6 Å². The van der Waals surface area contributed by atoms with Gasteiger partial charge < -0.3 is 15.4 Å². The van der Waals surface area contributed by atoms with Crippen molar-refractivity contribution in [3.8, 4) is 5.75 Å². The third-order valence-electron chi connectivity index (χ3n) is 3.60. The highest BCUT2D eigenvalue weighted by Gasteiger charge is 2.34. The van der Waals surface area contributed by atoms with Gasteiger partial charge in [-0.1, -0.05) is 46.9 Å². The van der Waals surface area contributed by atoms with Crippen LogP contribution in [-0.2, 0) is 0 Å². The molecule has 10 nitrogen and oxygen atoms in total. The maximum Gasteiger partial charge on any atom is 0.284 e. The van der Waals surface area contributed by atoms with Gasteiger partial charge in [-0.05, 0) is 36.3 Å². The molecule has 0 amide bonds. The van der Waals surface area contributed by atoms with Crippen LogP contribution in [0.4, 0.5) is 17.1 Å². The number of hydrogen-bond donors (Lipinski definition) is 3. The van der Waals surface area contributed by atoms with Crippen molar-refractivity contribution in [1.82, 2.24) is 10.0 Å². The van der Waals surface area contributed by atoms with Gasteiger partial charge >= 0.3 is 0 Å². The van der Waals surface area contributed by atoms with E-state index in [-0.39, 0.29) is 22.2 Å². The monoisotopic (exact) mass is 525 g/mol. The van der Waals surface area contributed by atoms with Gasteiger partial charge in [-0.15, -0.1) is 0 Å². The van der Waals surface area contributed by atoms with E-state index in [0.29, 0.717) is 10.6 Å². The summed E-state index contributed by atoms with van der Waals surface area (Å²) in [4.78, 5) is 21.3. The van der Waals surface area contributed by atoms with E-state index in [1.54, 1.807) is 6.07 Å². The first-order chi connectivity index (χ1) is 14.5. The van der Waals surface area contributed by atoms with Gasteiger partial charge in [0.1, 0.15) is 16.8 Å². The zero-order chi connectivity index (χ0) is 23.2. The predicted octanol–water partition coefficient (Wildman–Crippen LogP) is 4.79. The minimum atomic E-state index is -1.90. The van der Waals surface area contributed by atoms with Crippen LogP contribution >= 0.6 is 59.0 Å². The molecule has 3 N–H and O–H groups in total. The summed E-state index contributed by atoms with van der Waals surface area (Å²) in [5, 5.41) is 27.6. The molecular weight excluding hydrogens is 513 g/mol. The molecule has 0 aromatic heterocycles. The fraction of sp³-hybridized carbons (Fsp3) is 0.188. The Morgan fingerprint density at radius 3 is 2.42 bits per heavy atom. The van der Waals surface area contributed by atoms with Crippen molar-refractivity contribution in [1.29, 1.82) is 0 Å². The van der Waals surface area contributed by atoms with E-state index in [4.69, 9.17) is 51.8 Å². The summed E-state index contributed by atoms with van der Waals surface area (Å²) in [5.74, 6) is 0.172. The minimum Gasteiger partial charge on any atom is -0.494 e. The Hall–Kier alpha value is -2.09. The normalized spacial score (nSPS) is 12.0. The third-order valence-corrected chi connectivity index (χ3v) is 5.39. The summed E-state index contributed by atoms with van der Waals surface area (Å²) in [6, 6.07) is 9.93. The van der Waals surface area contributed by atoms with Crippen LogP contribution in [0.1, 0.15) is 0 Å². The van der Waals surface area contributed by atoms with Gasteiger partial charge in [0.05, 0.1) is 28.7 Å². The number of rotatable bonds is 8. The molecule has 1 atom stereocenters.